The molecule has 0 heterocycles. The van der Waals surface area contributed by atoms with E-state index in [0.717, 1.165) is 169 Å². The lowest BCUT2D eigenvalue weighted by Gasteiger charge is -2.39. The number of allylic oxidation sites excluding steroid dienone is 34. The second-order valence-corrected chi connectivity index (χ2v) is 62.0. The average Bonchev–Trinajstić information content (AvgIpc) is 1.64. The first-order valence-corrected chi connectivity index (χ1v) is 65.1. The van der Waals surface area contributed by atoms with Crippen molar-refractivity contribution in [1.82, 2.24) is 0 Å². The van der Waals surface area contributed by atoms with Gasteiger partial charge < -0.3 is 27.3 Å². The first kappa shape index (κ1) is 140. The Kier molecular flexibility index (Phi) is 80.6. The fourth-order valence-corrected chi connectivity index (χ4v) is 19.2. The Bertz CT molecular complexity index is 4110. The van der Waals surface area contributed by atoms with Crippen molar-refractivity contribution in [2.45, 2.75) is 441 Å². The van der Waals surface area contributed by atoms with Crippen LogP contribution in [0.1, 0.15) is 344 Å². The van der Waals surface area contributed by atoms with Gasteiger partial charge >= 0.3 is 0 Å². The van der Waals surface area contributed by atoms with Crippen LogP contribution in [0.15, 0.2) is 255 Å². The molecule has 794 valence electrons. The minimum absolute atomic E-state index is 0.0520. The molecule has 0 N–H and O–H groups in total. The van der Waals surface area contributed by atoms with Crippen LogP contribution < -0.4 is 0 Å². The minimum Gasteiger partial charge on any atom is -0.414 e. The third-order valence-corrected chi connectivity index (χ3v) is 44.5. The molecule has 0 aromatic rings. The van der Waals surface area contributed by atoms with Gasteiger partial charge in [0.15, 0.2) is 62.2 Å². The van der Waals surface area contributed by atoms with Gasteiger partial charge in [-0.05, 0) is 243 Å². The molecule has 13 nitrogen and oxygen atoms in total. The molecular formula is C124H204O13Si4. The van der Waals surface area contributed by atoms with E-state index < -0.39 is 33.3 Å². The first-order valence-electron chi connectivity index (χ1n) is 53.5. The number of carbonyl (C=O) groups excluding carboxylic acids is 9. The van der Waals surface area contributed by atoms with E-state index in [1.165, 1.54) is 70.3 Å². The number of aldehydes is 4. The van der Waals surface area contributed by atoms with Crippen molar-refractivity contribution in [2.75, 3.05) is 0 Å². The molecule has 0 aliphatic heterocycles. The molecule has 0 amide bonds. The van der Waals surface area contributed by atoms with Crippen molar-refractivity contribution in [1.29, 1.82) is 0 Å². The zero-order chi connectivity index (χ0) is 108. The summed E-state index contributed by atoms with van der Waals surface area (Å²) < 4.78 is 25.8. The van der Waals surface area contributed by atoms with Crippen LogP contribution >= 0.6 is 0 Å². The molecule has 17 heteroatoms. The van der Waals surface area contributed by atoms with Crippen LogP contribution in [-0.2, 0) is 60.9 Å². The maximum atomic E-state index is 12.1. The molecule has 141 heavy (non-hydrogen) atoms. The summed E-state index contributed by atoms with van der Waals surface area (Å²) in [5, 5.41) is 0.811. The zero-order valence-electron chi connectivity index (χ0n) is 94.7. The molecule has 5 aliphatic carbocycles. The number of hydrogen-bond acceptors (Lipinski definition) is 13. The number of unbranched alkanes of at least 4 members (excludes halogenated alkanes) is 8. The van der Waals surface area contributed by atoms with Crippen LogP contribution in [0.25, 0.3) is 0 Å². The summed E-state index contributed by atoms with van der Waals surface area (Å²) >= 11 is 0. The summed E-state index contributed by atoms with van der Waals surface area (Å²) in [6.45, 7) is 79.5. The highest BCUT2D eigenvalue weighted by Crippen LogP contribution is 2.43. The predicted molar refractivity (Wildman–Crippen MR) is 621 cm³/mol. The third-order valence-electron chi connectivity index (χ3n) is 26.4. The largest absolute Gasteiger partial charge is 0.414 e. The molecule has 0 bridgehead atoms. The summed E-state index contributed by atoms with van der Waals surface area (Å²) in [5.74, 6) is 2.18. The highest BCUT2D eigenvalue weighted by molar-refractivity contribution is 6.75. The van der Waals surface area contributed by atoms with Gasteiger partial charge in [-0.3, -0.25) is 33.6 Å². The van der Waals surface area contributed by atoms with E-state index in [1.807, 2.05) is 104 Å². The van der Waals surface area contributed by atoms with Gasteiger partial charge in [0, 0.05) is 71.3 Å². The molecule has 0 fully saturated rings. The van der Waals surface area contributed by atoms with Crippen molar-refractivity contribution < 1.29 is 60.9 Å². The predicted octanol–water partition coefficient (Wildman–Crippen LogP) is 35.2. The van der Waals surface area contributed by atoms with Crippen LogP contribution in [0, 0.1) is 29.6 Å². The Morgan fingerprint density at radius 1 is 0.333 bits per heavy atom. The van der Waals surface area contributed by atoms with Crippen LogP contribution in [0.5, 0.6) is 0 Å². The molecule has 0 unspecified atom stereocenters. The fraction of sp³-hybridized carbons (Fsp3) is 0.589. The zero-order valence-corrected chi connectivity index (χ0v) is 98.7. The average molecular weight is 2020 g/mol. The summed E-state index contributed by atoms with van der Waals surface area (Å²) in [5.41, 5.74) is 3.60. The maximum Gasteiger partial charge on any atom is 0.192 e. The van der Waals surface area contributed by atoms with E-state index >= 15 is 0 Å². The highest BCUT2D eigenvalue weighted by Gasteiger charge is 2.43. The second-order valence-electron chi connectivity index (χ2n) is 43.0. The van der Waals surface area contributed by atoms with Gasteiger partial charge in [-0.25, -0.2) is 0 Å². The lowest BCUT2D eigenvalue weighted by atomic mass is 9.96. The van der Waals surface area contributed by atoms with Crippen LogP contribution in [0.2, 0.25) is 72.5 Å². The normalized spacial score (nSPS) is 19.1. The van der Waals surface area contributed by atoms with Crippen molar-refractivity contribution in [3.05, 3.63) is 255 Å². The molecule has 9 atom stereocenters. The Labute approximate surface area is 868 Å². The topological polar surface area (TPSA) is 191 Å². The van der Waals surface area contributed by atoms with Crippen LogP contribution in [0.4, 0.5) is 0 Å². The fourth-order valence-electron chi connectivity index (χ4n) is 13.7. The molecule has 0 spiro atoms. The molecule has 0 aromatic heterocycles. The SMILES string of the molecule is C=CC[C@H]1C=CC(=O)/C1=C/C=C/C/C=C\CC.C=CC[C@H]1C=CC(=O)/C1=C/C=C/CCCC.C=CC[C@H]1C=CC(=O)/C1=C/C[C@H](C/C=C\CC)O[Si](C)(C)C(C)(C)C.C=CC[C@H]1C=CC(=O)/C1=C/C[C@H](CCCC)O[Si](C)(C)C(C)(C)C.CC/C=C\C/C=C/C=O.CC/C=C\C[C@@H](CC=O)O[Si](C)(C)C(C)(C)C.CCCCC/C=C/C=O.CCCCC[C@@H](CC=O)O[Si](C)(C)C(C)(C)C.C[C@H]1C=CC(=O)C1. The monoisotopic (exact) mass is 2010 g/mol. The standard InChI is InChI=1S/C22H36O2Si.C21H36O2Si.C16H20O.C15H20O.C14H30O2Si.C14H28O2Si.C8H14O.C8H12O.C6H8O/c1-8-10-11-13-19(24-25(6,7)22(3,4)5)15-16-20-18(12-9-2)14-17-21(20)23;1-8-10-12-18(23-24(6,7)21(3,4)5)14-15-19-17(11-9-2)13-16-20(19)22;1-3-5-6-7-8-9-11-15-14(10-4-2)12-13-16(15)17;1-3-5-6-7-8-10-14-13(9-4-2)11-12-15(14)16;2*1-7-8-9-10-13(11-12-15)16-17(5,6)14(2,3)4;2*1-2-3-4-5-6-7-8-9;1-5-2-3-6(7)4-5/h9-11,14,16-19H,2,8,12-13,15H2,1,3-7H3;9,13,15-18H,2,8,10-12,14H2,1,3-7H3;4-6,8-9,11-14H,2-3,7,10H2,1H3;4,7-8,10-13H,2-3,5-6,9H2,1H3;12-13H,7-11H2,1-6H3;8-9,12-13H,7,10-11H2,1-6H3;6-8H,2-5H2,1H3;3-4,6-8H,2,5H2,1H3;2-3,5H,4H2,1H3/b11-10-,20-16+;19-15+;6-5-,9-8+,15-11+;8-7+,14-10+;;9-8-;7-6+;4-3-,7-6+;/t18-,19-;17-,18-;14-;3*13-;;;5-/m000000..0/s1. The lowest BCUT2D eigenvalue weighted by Crippen LogP contribution is -2.44. The van der Waals surface area contributed by atoms with Crippen molar-refractivity contribution in [3.8, 4) is 0 Å². The quantitative estimate of drug-likeness (QED) is 0.0184. The Morgan fingerprint density at radius 3 is 0.965 bits per heavy atom. The number of ketones is 5. The van der Waals surface area contributed by atoms with Gasteiger partial charge in [0.1, 0.15) is 25.1 Å². The van der Waals surface area contributed by atoms with Gasteiger partial charge in [-0.2, -0.15) is 0 Å². The smallest absolute Gasteiger partial charge is 0.192 e. The van der Waals surface area contributed by atoms with E-state index in [9.17, 15) is 43.2 Å². The molecule has 0 radical (unpaired) electrons. The third kappa shape index (κ3) is 66.8. The molecule has 0 aromatic carbocycles. The Morgan fingerprint density at radius 2 is 0.631 bits per heavy atom. The van der Waals surface area contributed by atoms with Crippen molar-refractivity contribution in [3.63, 3.8) is 0 Å². The number of carbonyl (C=O) groups is 9. The number of rotatable bonds is 54. The summed E-state index contributed by atoms with van der Waals surface area (Å²) in [6.07, 6.45) is 101. The van der Waals surface area contributed by atoms with Crippen LogP contribution in [0.3, 0.4) is 0 Å². The van der Waals surface area contributed by atoms with E-state index in [4.69, 9.17) is 17.7 Å². The van der Waals surface area contributed by atoms with Gasteiger partial charge in [-0.1, -0.05) is 367 Å². The van der Waals surface area contributed by atoms with Gasteiger partial charge in [0.25, 0.3) is 0 Å². The molecule has 5 aliphatic rings. The minimum atomic E-state index is -1.83. The summed E-state index contributed by atoms with van der Waals surface area (Å²) in [7, 11) is -7.11. The van der Waals surface area contributed by atoms with Gasteiger partial charge in [0.05, 0.1) is 18.3 Å². The van der Waals surface area contributed by atoms with E-state index in [2.05, 4.69) is 284 Å². The summed E-state index contributed by atoms with van der Waals surface area (Å²) in [4.78, 5) is 98.7. The molecule has 0 saturated heterocycles. The molecule has 0 saturated carbocycles. The van der Waals surface area contributed by atoms with Crippen molar-refractivity contribution >= 4 is 87.3 Å². The molecular weight excluding hydrogens is 1810 g/mol. The summed E-state index contributed by atoms with van der Waals surface area (Å²) in [6, 6.07) is 0. The van der Waals surface area contributed by atoms with Gasteiger partial charge in [0.2, 0.25) is 0 Å². The Hall–Kier alpha value is -7.72. The van der Waals surface area contributed by atoms with Gasteiger partial charge in [-0.15, -0.1) is 26.3 Å². The molecule has 5 rings (SSSR count). The highest BCUT2D eigenvalue weighted by atomic mass is 28.4. The van der Waals surface area contributed by atoms with Crippen molar-refractivity contribution in [2.24, 2.45) is 29.6 Å². The second kappa shape index (κ2) is 81.5. The van der Waals surface area contributed by atoms with E-state index in [-0.39, 0.29) is 97.2 Å². The lowest BCUT2D eigenvalue weighted by molar-refractivity contribution is -0.114. The van der Waals surface area contributed by atoms with E-state index in [0.29, 0.717) is 18.8 Å². The maximum absolute atomic E-state index is 12.1. The van der Waals surface area contributed by atoms with E-state index in [1.54, 1.807) is 36.5 Å². The Balaban J connectivity index is -0.000000765. The first-order chi connectivity index (χ1) is 66.4. The number of hydrogen-bond donors (Lipinski definition) is 0. The van der Waals surface area contributed by atoms with Crippen LogP contribution in [-0.4, -0.2) is 112 Å².